The standard InChI is InChI=1S/C23H29N5O2/c24-9-16-30-22-8-4-7-21(17-22)18-26-23(29)25-10-11-27-12-14-28(15-13-27)19-20-5-2-1-3-6-20/h1-8,17H,10-16,18-19H2,(H2,25,26,29). The van der Waals surface area contributed by atoms with Crippen molar-refractivity contribution in [1.29, 1.82) is 5.26 Å². The second kappa shape index (κ2) is 11.8. The fraction of sp³-hybridized carbons (Fsp3) is 0.391. The third-order valence-corrected chi connectivity index (χ3v) is 5.08. The topological polar surface area (TPSA) is 80.6 Å². The Kier molecular flexibility index (Phi) is 8.51. The number of carbonyl (C=O) groups excluding carboxylic acids is 1. The molecule has 2 amide bonds. The van der Waals surface area contributed by atoms with Crippen LogP contribution in [0.1, 0.15) is 11.1 Å². The highest BCUT2D eigenvalue weighted by Gasteiger charge is 2.16. The predicted molar refractivity (Wildman–Crippen MR) is 116 cm³/mol. The maximum atomic E-state index is 12.0. The van der Waals surface area contributed by atoms with Gasteiger partial charge in [0.15, 0.2) is 6.61 Å². The summed E-state index contributed by atoms with van der Waals surface area (Å²) in [6.45, 7) is 7.03. The zero-order chi connectivity index (χ0) is 21.0. The van der Waals surface area contributed by atoms with Gasteiger partial charge < -0.3 is 15.4 Å². The van der Waals surface area contributed by atoms with Gasteiger partial charge in [-0.2, -0.15) is 5.26 Å². The molecule has 0 spiro atoms. The molecule has 30 heavy (non-hydrogen) atoms. The first-order valence-electron chi connectivity index (χ1n) is 10.3. The first-order chi connectivity index (χ1) is 14.7. The van der Waals surface area contributed by atoms with Crippen molar-refractivity contribution in [3.8, 4) is 11.8 Å². The molecule has 3 rings (SSSR count). The van der Waals surface area contributed by atoms with E-state index in [0.29, 0.717) is 18.8 Å². The van der Waals surface area contributed by atoms with E-state index in [1.807, 2.05) is 30.3 Å². The average Bonchev–Trinajstić information content (AvgIpc) is 2.78. The quantitative estimate of drug-likeness (QED) is 0.666. The fourth-order valence-electron chi connectivity index (χ4n) is 3.45. The van der Waals surface area contributed by atoms with Crippen molar-refractivity contribution in [2.45, 2.75) is 13.1 Å². The van der Waals surface area contributed by atoms with Crippen LogP contribution in [0.25, 0.3) is 0 Å². The molecule has 0 atom stereocenters. The van der Waals surface area contributed by atoms with Gasteiger partial charge in [0.25, 0.3) is 0 Å². The number of nitrogens with one attached hydrogen (secondary N) is 2. The van der Waals surface area contributed by atoms with Gasteiger partial charge in [-0.25, -0.2) is 4.79 Å². The highest BCUT2D eigenvalue weighted by Crippen LogP contribution is 2.13. The number of rotatable bonds is 9. The van der Waals surface area contributed by atoms with Crippen LogP contribution >= 0.6 is 0 Å². The van der Waals surface area contributed by atoms with Gasteiger partial charge in [0.2, 0.25) is 0 Å². The molecule has 7 nitrogen and oxygen atoms in total. The first-order valence-corrected chi connectivity index (χ1v) is 10.3. The van der Waals surface area contributed by atoms with Crippen LogP contribution in [0.2, 0.25) is 0 Å². The van der Waals surface area contributed by atoms with Crippen molar-refractivity contribution in [3.63, 3.8) is 0 Å². The van der Waals surface area contributed by atoms with Crippen LogP contribution in [-0.4, -0.2) is 61.7 Å². The number of nitriles is 1. The van der Waals surface area contributed by atoms with Gasteiger partial charge in [-0.3, -0.25) is 9.80 Å². The molecule has 0 bridgehead atoms. The molecule has 1 aliphatic heterocycles. The minimum atomic E-state index is -0.180. The Morgan fingerprint density at radius 1 is 0.967 bits per heavy atom. The van der Waals surface area contributed by atoms with Crippen LogP contribution in [0.5, 0.6) is 5.75 Å². The van der Waals surface area contributed by atoms with Gasteiger partial charge in [-0.05, 0) is 23.3 Å². The Bertz CT molecular complexity index is 829. The minimum absolute atomic E-state index is 0.0118. The highest BCUT2D eigenvalue weighted by molar-refractivity contribution is 5.73. The van der Waals surface area contributed by atoms with Gasteiger partial charge in [0, 0.05) is 52.4 Å². The molecule has 2 N–H and O–H groups in total. The van der Waals surface area contributed by atoms with E-state index in [9.17, 15) is 4.79 Å². The third-order valence-electron chi connectivity index (χ3n) is 5.08. The van der Waals surface area contributed by atoms with Crippen LogP contribution in [0, 0.1) is 11.3 Å². The first kappa shape index (κ1) is 21.6. The summed E-state index contributed by atoms with van der Waals surface area (Å²) in [7, 11) is 0. The number of benzene rings is 2. The van der Waals surface area contributed by atoms with E-state index in [0.717, 1.165) is 44.8 Å². The summed E-state index contributed by atoms with van der Waals surface area (Å²) in [5.74, 6) is 0.627. The molecule has 7 heteroatoms. The number of hydrogen-bond donors (Lipinski definition) is 2. The summed E-state index contributed by atoms with van der Waals surface area (Å²) in [5, 5.41) is 14.4. The molecule has 0 saturated carbocycles. The van der Waals surface area contributed by atoms with Crippen LogP contribution in [0.3, 0.4) is 0 Å². The van der Waals surface area contributed by atoms with E-state index >= 15 is 0 Å². The Labute approximate surface area is 178 Å². The van der Waals surface area contributed by atoms with Crippen molar-refractivity contribution in [2.24, 2.45) is 0 Å². The Balaban J connectivity index is 1.28. The lowest BCUT2D eigenvalue weighted by atomic mass is 10.2. The molecule has 0 aromatic heterocycles. The van der Waals surface area contributed by atoms with E-state index < -0.39 is 0 Å². The maximum absolute atomic E-state index is 12.0. The summed E-state index contributed by atoms with van der Waals surface area (Å²) in [5.41, 5.74) is 2.28. The molecule has 1 fully saturated rings. The zero-order valence-corrected chi connectivity index (χ0v) is 17.2. The van der Waals surface area contributed by atoms with E-state index in [1.165, 1.54) is 5.56 Å². The average molecular weight is 408 g/mol. The van der Waals surface area contributed by atoms with E-state index in [4.69, 9.17) is 10.00 Å². The summed E-state index contributed by atoms with van der Waals surface area (Å²) in [6, 6.07) is 19.7. The normalized spacial score (nSPS) is 14.6. The van der Waals surface area contributed by atoms with Crippen molar-refractivity contribution in [2.75, 3.05) is 45.9 Å². The van der Waals surface area contributed by atoms with Crippen molar-refractivity contribution in [1.82, 2.24) is 20.4 Å². The monoisotopic (exact) mass is 407 g/mol. The van der Waals surface area contributed by atoms with Crippen LogP contribution in [0.15, 0.2) is 54.6 Å². The largest absolute Gasteiger partial charge is 0.479 e. The van der Waals surface area contributed by atoms with E-state index in [1.54, 1.807) is 6.07 Å². The molecule has 1 aliphatic rings. The summed E-state index contributed by atoms with van der Waals surface area (Å²) < 4.78 is 5.28. The summed E-state index contributed by atoms with van der Waals surface area (Å²) in [6.07, 6.45) is 0. The number of urea groups is 1. The molecular weight excluding hydrogens is 378 g/mol. The maximum Gasteiger partial charge on any atom is 0.315 e. The lowest BCUT2D eigenvalue weighted by Crippen LogP contribution is -2.48. The lowest BCUT2D eigenvalue weighted by molar-refractivity contribution is 0.128. The van der Waals surface area contributed by atoms with Crippen molar-refractivity contribution in [3.05, 3.63) is 65.7 Å². The molecule has 1 saturated heterocycles. The molecule has 2 aromatic rings. The number of hydrogen-bond acceptors (Lipinski definition) is 5. The molecule has 1 heterocycles. The fourth-order valence-corrected chi connectivity index (χ4v) is 3.45. The summed E-state index contributed by atoms with van der Waals surface area (Å²) >= 11 is 0. The highest BCUT2D eigenvalue weighted by atomic mass is 16.5. The van der Waals surface area contributed by atoms with Gasteiger partial charge in [0.05, 0.1) is 0 Å². The van der Waals surface area contributed by atoms with Crippen LogP contribution < -0.4 is 15.4 Å². The van der Waals surface area contributed by atoms with Crippen LogP contribution in [0.4, 0.5) is 4.79 Å². The number of amides is 2. The molecule has 0 unspecified atom stereocenters. The lowest BCUT2D eigenvalue weighted by Gasteiger charge is -2.34. The Morgan fingerprint density at radius 3 is 2.47 bits per heavy atom. The molecule has 158 valence electrons. The summed E-state index contributed by atoms with van der Waals surface area (Å²) in [4.78, 5) is 16.9. The van der Waals surface area contributed by atoms with Gasteiger partial charge in [-0.15, -0.1) is 0 Å². The second-order valence-corrected chi connectivity index (χ2v) is 7.31. The smallest absolute Gasteiger partial charge is 0.315 e. The number of nitrogens with zero attached hydrogens (tertiary/aromatic N) is 3. The SMILES string of the molecule is N#CCOc1cccc(CNC(=O)NCCN2CCN(Cc3ccccc3)CC2)c1. The molecular formula is C23H29N5O2. The Hall–Kier alpha value is -3.08. The molecule has 2 aromatic carbocycles. The Morgan fingerprint density at radius 2 is 1.70 bits per heavy atom. The molecule has 0 aliphatic carbocycles. The van der Waals surface area contributed by atoms with Crippen molar-refractivity contribution >= 4 is 6.03 Å². The van der Waals surface area contributed by atoms with Gasteiger partial charge in [0.1, 0.15) is 11.8 Å². The van der Waals surface area contributed by atoms with Crippen molar-refractivity contribution < 1.29 is 9.53 Å². The number of ether oxygens (including phenoxy) is 1. The second-order valence-electron chi connectivity index (χ2n) is 7.31. The number of carbonyl (C=O) groups is 1. The number of piperazine rings is 1. The zero-order valence-electron chi connectivity index (χ0n) is 17.2. The van der Waals surface area contributed by atoms with E-state index in [2.05, 4.69) is 44.7 Å². The third kappa shape index (κ3) is 7.39. The molecule has 0 radical (unpaired) electrons. The minimum Gasteiger partial charge on any atom is -0.479 e. The van der Waals surface area contributed by atoms with E-state index in [-0.39, 0.29) is 12.6 Å². The predicted octanol–water partition coefficient (Wildman–Crippen LogP) is 2.21. The van der Waals surface area contributed by atoms with Gasteiger partial charge >= 0.3 is 6.03 Å². The van der Waals surface area contributed by atoms with Gasteiger partial charge in [-0.1, -0.05) is 42.5 Å². The van der Waals surface area contributed by atoms with Crippen LogP contribution in [-0.2, 0) is 13.1 Å².